The molecule has 0 aromatic heterocycles. The fourth-order valence-electron chi connectivity index (χ4n) is 1.55. The van der Waals surface area contributed by atoms with Crippen molar-refractivity contribution in [2.24, 2.45) is 0 Å². The molecule has 1 heterocycles. The molecule has 0 aliphatic carbocycles. The zero-order chi connectivity index (χ0) is 11.0. The van der Waals surface area contributed by atoms with E-state index in [0.29, 0.717) is 11.1 Å². The number of carboxylic acid groups (broad SMARTS) is 1. The number of hydrogen-bond donors (Lipinski definition) is 0. The van der Waals surface area contributed by atoms with E-state index < -0.39 is 18.0 Å². The maximum Gasteiger partial charge on any atom is 0.339 e. The maximum absolute atomic E-state index is 11.3. The van der Waals surface area contributed by atoms with Gasteiger partial charge in [0.2, 0.25) is 0 Å². The highest BCUT2D eigenvalue weighted by atomic mass is 79.9. The summed E-state index contributed by atoms with van der Waals surface area (Å²) in [7, 11) is 0. The molecule has 0 fully saturated rings. The molecule has 5 heteroatoms. The van der Waals surface area contributed by atoms with Crippen molar-refractivity contribution < 1.29 is 19.4 Å². The summed E-state index contributed by atoms with van der Waals surface area (Å²) in [6, 6.07) is 5.01. The van der Waals surface area contributed by atoms with Crippen molar-refractivity contribution in [3.63, 3.8) is 0 Å². The SMILES string of the molecule is O=C([O-])C[C@@H]1OC(=O)c2ccc(Br)cc21. The minimum absolute atomic E-state index is 0.310. The number of aliphatic carboxylic acids is 1. The van der Waals surface area contributed by atoms with Gasteiger partial charge in [-0.25, -0.2) is 4.79 Å². The monoisotopic (exact) mass is 269 g/mol. The Balaban J connectivity index is 2.39. The molecule has 78 valence electrons. The number of hydrogen-bond acceptors (Lipinski definition) is 4. The molecule has 0 saturated carbocycles. The first kappa shape index (κ1) is 10.2. The van der Waals surface area contributed by atoms with Crippen LogP contribution in [0.3, 0.4) is 0 Å². The standard InChI is InChI=1S/C10H7BrO4/c11-5-1-2-6-7(3-5)8(4-9(12)13)15-10(6)14/h1-3,8H,4H2,(H,12,13)/p-1/t8-/m0/s1. The summed E-state index contributed by atoms with van der Waals surface area (Å²) in [6.07, 6.45) is -1.04. The third-order valence-corrected chi connectivity index (χ3v) is 2.68. The second-order valence-corrected chi connectivity index (χ2v) is 4.12. The van der Waals surface area contributed by atoms with Crippen LogP contribution in [0.4, 0.5) is 0 Å². The molecule has 2 rings (SSSR count). The summed E-state index contributed by atoms with van der Waals surface area (Å²) >= 11 is 3.25. The molecular weight excluding hydrogens is 264 g/mol. The van der Waals surface area contributed by atoms with Crippen molar-refractivity contribution in [3.8, 4) is 0 Å². The van der Waals surface area contributed by atoms with Crippen LogP contribution in [0.2, 0.25) is 0 Å². The summed E-state index contributed by atoms with van der Waals surface area (Å²) in [4.78, 5) is 21.8. The fraction of sp³-hybridized carbons (Fsp3) is 0.200. The van der Waals surface area contributed by atoms with E-state index in [4.69, 9.17) is 4.74 Å². The molecule has 0 radical (unpaired) electrons. The second kappa shape index (κ2) is 3.66. The summed E-state index contributed by atoms with van der Waals surface area (Å²) < 4.78 is 5.70. The van der Waals surface area contributed by atoms with Gasteiger partial charge < -0.3 is 14.6 Å². The van der Waals surface area contributed by atoms with Crippen molar-refractivity contribution in [2.75, 3.05) is 0 Å². The molecule has 4 nitrogen and oxygen atoms in total. The molecule has 0 saturated heterocycles. The van der Waals surface area contributed by atoms with Crippen molar-refractivity contribution in [1.29, 1.82) is 0 Å². The number of benzene rings is 1. The summed E-state index contributed by atoms with van der Waals surface area (Å²) in [5, 5.41) is 10.4. The summed E-state index contributed by atoms with van der Waals surface area (Å²) in [6.45, 7) is 0. The molecule has 1 atom stereocenters. The van der Waals surface area contributed by atoms with Gasteiger partial charge in [-0.1, -0.05) is 15.9 Å². The highest BCUT2D eigenvalue weighted by molar-refractivity contribution is 9.10. The van der Waals surface area contributed by atoms with Gasteiger partial charge in [0.05, 0.1) is 5.56 Å². The molecular formula is C10H6BrO4-. The number of rotatable bonds is 2. The van der Waals surface area contributed by atoms with Gasteiger partial charge in [0, 0.05) is 22.4 Å². The molecule has 1 aliphatic heterocycles. The largest absolute Gasteiger partial charge is 0.550 e. The summed E-state index contributed by atoms with van der Waals surface area (Å²) in [5.74, 6) is -1.72. The average Bonchev–Trinajstić information content (AvgIpc) is 2.42. The van der Waals surface area contributed by atoms with Crippen LogP contribution in [0.15, 0.2) is 22.7 Å². The van der Waals surface area contributed by atoms with Gasteiger partial charge >= 0.3 is 5.97 Å². The lowest BCUT2D eigenvalue weighted by Gasteiger charge is -2.10. The van der Waals surface area contributed by atoms with Gasteiger partial charge in [-0.3, -0.25) is 0 Å². The first-order chi connectivity index (χ1) is 7.08. The van der Waals surface area contributed by atoms with E-state index in [1.165, 1.54) is 0 Å². The van der Waals surface area contributed by atoms with Gasteiger partial charge in [0.15, 0.2) is 0 Å². The summed E-state index contributed by atoms with van der Waals surface area (Å²) in [5.41, 5.74) is 1.02. The van der Waals surface area contributed by atoms with E-state index in [-0.39, 0.29) is 6.42 Å². The van der Waals surface area contributed by atoms with Gasteiger partial charge in [0.25, 0.3) is 0 Å². The van der Waals surface area contributed by atoms with Crippen molar-refractivity contribution >= 4 is 27.9 Å². The van der Waals surface area contributed by atoms with E-state index >= 15 is 0 Å². The third kappa shape index (κ3) is 1.87. The lowest BCUT2D eigenvalue weighted by molar-refractivity contribution is -0.307. The molecule has 0 spiro atoms. The molecule has 0 bridgehead atoms. The smallest absolute Gasteiger partial charge is 0.339 e. The van der Waals surface area contributed by atoms with Gasteiger partial charge in [-0.2, -0.15) is 0 Å². The Kier molecular flexibility index (Phi) is 2.48. The van der Waals surface area contributed by atoms with Crippen LogP contribution in [-0.4, -0.2) is 11.9 Å². The van der Waals surface area contributed by atoms with Crippen LogP contribution in [-0.2, 0) is 9.53 Å². The predicted molar refractivity (Wildman–Crippen MR) is 51.9 cm³/mol. The Morgan fingerprint density at radius 2 is 2.27 bits per heavy atom. The Hall–Kier alpha value is -1.36. The van der Waals surface area contributed by atoms with Crippen molar-refractivity contribution in [3.05, 3.63) is 33.8 Å². The predicted octanol–water partition coefficient (Wildman–Crippen LogP) is 0.801. The number of halogens is 1. The molecule has 1 aliphatic rings. The Labute approximate surface area is 94.0 Å². The second-order valence-electron chi connectivity index (χ2n) is 3.20. The van der Waals surface area contributed by atoms with Crippen molar-refractivity contribution in [1.82, 2.24) is 0 Å². The Bertz CT molecular complexity index is 439. The van der Waals surface area contributed by atoms with Gasteiger partial charge in [0.1, 0.15) is 6.10 Å². The minimum Gasteiger partial charge on any atom is -0.550 e. The Morgan fingerprint density at radius 1 is 1.53 bits per heavy atom. The fourth-order valence-corrected chi connectivity index (χ4v) is 1.92. The topological polar surface area (TPSA) is 66.4 Å². The number of fused-ring (bicyclic) bond motifs is 1. The average molecular weight is 270 g/mol. The molecule has 1 aromatic carbocycles. The first-order valence-electron chi connectivity index (χ1n) is 4.28. The van der Waals surface area contributed by atoms with Crippen LogP contribution < -0.4 is 5.11 Å². The number of ether oxygens (including phenoxy) is 1. The van der Waals surface area contributed by atoms with Crippen molar-refractivity contribution in [2.45, 2.75) is 12.5 Å². The van der Waals surface area contributed by atoms with Gasteiger partial charge in [-0.05, 0) is 18.2 Å². The number of carbonyl (C=O) groups excluding carboxylic acids is 2. The lowest BCUT2D eigenvalue weighted by Crippen LogP contribution is -2.24. The van der Waals surface area contributed by atoms with E-state index in [9.17, 15) is 14.7 Å². The van der Waals surface area contributed by atoms with E-state index in [1.807, 2.05) is 0 Å². The zero-order valence-electron chi connectivity index (χ0n) is 7.53. The van der Waals surface area contributed by atoms with Crippen LogP contribution in [0, 0.1) is 0 Å². The third-order valence-electron chi connectivity index (χ3n) is 2.18. The highest BCUT2D eigenvalue weighted by Crippen LogP contribution is 2.34. The van der Waals surface area contributed by atoms with E-state index in [1.54, 1.807) is 18.2 Å². The molecule has 0 amide bonds. The number of carboxylic acids is 1. The zero-order valence-corrected chi connectivity index (χ0v) is 9.11. The molecule has 0 unspecified atom stereocenters. The molecule has 1 aromatic rings. The van der Waals surface area contributed by atoms with Crippen LogP contribution in [0.5, 0.6) is 0 Å². The van der Waals surface area contributed by atoms with Gasteiger partial charge in [-0.15, -0.1) is 0 Å². The normalized spacial score (nSPS) is 18.5. The molecule has 0 N–H and O–H groups in total. The van der Waals surface area contributed by atoms with E-state index in [0.717, 1.165) is 4.47 Å². The quantitative estimate of drug-likeness (QED) is 0.745. The Morgan fingerprint density at radius 3 is 2.93 bits per heavy atom. The maximum atomic E-state index is 11.3. The van der Waals surface area contributed by atoms with Crippen LogP contribution in [0.1, 0.15) is 28.4 Å². The highest BCUT2D eigenvalue weighted by Gasteiger charge is 2.30. The van der Waals surface area contributed by atoms with E-state index in [2.05, 4.69) is 15.9 Å². The number of esters is 1. The van der Waals surface area contributed by atoms with Crippen LogP contribution in [0.25, 0.3) is 0 Å². The first-order valence-corrected chi connectivity index (χ1v) is 5.07. The lowest BCUT2D eigenvalue weighted by atomic mass is 10.0. The number of carbonyl (C=O) groups is 2. The molecule has 15 heavy (non-hydrogen) atoms. The van der Waals surface area contributed by atoms with Crippen LogP contribution >= 0.6 is 15.9 Å². The minimum atomic E-state index is -1.24. The number of cyclic esters (lactones) is 1.